The minimum atomic E-state index is 0.823. The number of hydrogen-bond donors (Lipinski definition) is 2. The first-order valence-electron chi connectivity index (χ1n) is 7.73. The first-order chi connectivity index (χ1) is 10.2. The molecule has 4 heteroatoms. The Kier molecular flexibility index (Phi) is 5.55. The van der Waals surface area contributed by atoms with Crippen molar-refractivity contribution in [3.8, 4) is 0 Å². The topological polar surface area (TPSA) is 49.8 Å². The van der Waals surface area contributed by atoms with Crippen LogP contribution in [0, 0.1) is 0 Å². The van der Waals surface area contributed by atoms with Crippen LogP contribution in [-0.4, -0.2) is 16.5 Å². The first-order valence-corrected chi connectivity index (χ1v) is 7.73. The van der Waals surface area contributed by atoms with Gasteiger partial charge in [-0.2, -0.15) is 0 Å². The minimum absolute atomic E-state index is 0.823. The second-order valence-corrected chi connectivity index (χ2v) is 5.01. The molecule has 0 spiro atoms. The van der Waals surface area contributed by atoms with Crippen molar-refractivity contribution in [3.05, 3.63) is 41.7 Å². The monoisotopic (exact) mass is 284 g/mol. The molecule has 4 nitrogen and oxygen atoms in total. The number of anilines is 3. The SMILES string of the molecule is CCCc1ccc(Nc2cc(NCC)nc(CC)n2)cc1. The van der Waals surface area contributed by atoms with Crippen LogP contribution in [0.2, 0.25) is 0 Å². The molecule has 2 aromatic rings. The number of aromatic nitrogens is 2. The van der Waals surface area contributed by atoms with E-state index in [9.17, 15) is 0 Å². The number of nitrogens with one attached hydrogen (secondary N) is 2. The Morgan fingerprint density at radius 2 is 1.67 bits per heavy atom. The lowest BCUT2D eigenvalue weighted by atomic mass is 10.1. The molecule has 0 fully saturated rings. The van der Waals surface area contributed by atoms with Gasteiger partial charge in [-0.15, -0.1) is 0 Å². The van der Waals surface area contributed by atoms with Crippen LogP contribution in [0.25, 0.3) is 0 Å². The molecule has 2 rings (SSSR count). The zero-order valence-corrected chi connectivity index (χ0v) is 13.1. The quantitative estimate of drug-likeness (QED) is 0.801. The Morgan fingerprint density at radius 3 is 2.29 bits per heavy atom. The van der Waals surface area contributed by atoms with Gasteiger partial charge < -0.3 is 10.6 Å². The molecule has 1 aromatic heterocycles. The zero-order chi connectivity index (χ0) is 15.1. The van der Waals surface area contributed by atoms with Gasteiger partial charge in [0.2, 0.25) is 0 Å². The fourth-order valence-corrected chi connectivity index (χ4v) is 2.18. The van der Waals surface area contributed by atoms with Gasteiger partial charge >= 0.3 is 0 Å². The van der Waals surface area contributed by atoms with E-state index >= 15 is 0 Å². The van der Waals surface area contributed by atoms with Gasteiger partial charge in [0.05, 0.1) is 0 Å². The Bertz CT molecular complexity index is 564. The number of aryl methyl sites for hydroxylation is 2. The third kappa shape index (κ3) is 4.45. The Hall–Kier alpha value is -2.10. The minimum Gasteiger partial charge on any atom is -0.370 e. The summed E-state index contributed by atoms with van der Waals surface area (Å²) in [5.41, 5.74) is 2.42. The van der Waals surface area contributed by atoms with Crippen molar-refractivity contribution < 1.29 is 0 Å². The third-order valence-corrected chi connectivity index (χ3v) is 3.21. The molecule has 21 heavy (non-hydrogen) atoms. The second-order valence-electron chi connectivity index (χ2n) is 5.01. The van der Waals surface area contributed by atoms with Crippen molar-refractivity contribution in [2.75, 3.05) is 17.2 Å². The summed E-state index contributed by atoms with van der Waals surface area (Å²) in [6.45, 7) is 7.18. The highest BCUT2D eigenvalue weighted by Gasteiger charge is 2.03. The van der Waals surface area contributed by atoms with Crippen molar-refractivity contribution in [2.24, 2.45) is 0 Å². The molecule has 0 amide bonds. The van der Waals surface area contributed by atoms with Crippen molar-refractivity contribution >= 4 is 17.3 Å². The molecule has 0 unspecified atom stereocenters. The normalized spacial score (nSPS) is 10.4. The van der Waals surface area contributed by atoms with Gasteiger partial charge in [0.15, 0.2) is 0 Å². The van der Waals surface area contributed by atoms with Crippen LogP contribution in [0.15, 0.2) is 30.3 Å². The average molecular weight is 284 g/mol. The second kappa shape index (κ2) is 7.62. The van der Waals surface area contributed by atoms with Gasteiger partial charge in [-0.1, -0.05) is 32.4 Å². The van der Waals surface area contributed by atoms with Gasteiger partial charge in [0.1, 0.15) is 17.5 Å². The number of nitrogens with zero attached hydrogens (tertiary/aromatic N) is 2. The summed E-state index contributed by atoms with van der Waals surface area (Å²) in [4.78, 5) is 8.99. The van der Waals surface area contributed by atoms with Gasteiger partial charge in [0.25, 0.3) is 0 Å². The maximum atomic E-state index is 4.53. The van der Waals surface area contributed by atoms with Gasteiger partial charge in [-0.25, -0.2) is 9.97 Å². The Morgan fingerprint density at radius 1 is 0.952 bits per heavy atom. The average Bonchev–Trinajstić information content (AvgIpc) is 2.49. The molecule has 0 bridgehead atoms. The van der Waals surface area contributed by atoms with Crippen LogP contribution in [0.1, 0.15) is 38.6 Å². The van der Waals surface area contributed by atoms with Crippen molar-refractivity contribution in [2.45, 2.75) is 40.0 Å². The molecule has 0 aliphatic rings. The summed E-state index contributed by atoms with van der Waals surface area (Å²) in [6, 6.07) is 10.5. The molecular weight excluding hydrogens is 260 g/mol. The standard InChI is InChI=1S/C17H24N4/c1-4-7-13-8-10-14(11-9-13)19-17-12-16(18-6-3)20-15(5-2)21-17/h8-12H,4-7H2,1-3H3,(H2,18,19,20,21). The maximum Gasteiger partial charge on any atom is 0.136 e. The Balaban J connectivity index is 2.15. The molecule has 0 aliphatic carbocycles. The summed E-state index contributed by atoms with van der Waals surface area (Å²) in [6.07, 6.45) is 3.12. The highest BCUT2D eigenvalue weighted by molar-refractivity contribution is 5.59. The highest BCUT2D eigenvalue weighted by atomic mass is 15.1. The number of hydrogen-bond acceptors (Lipinski definition) is 4. The van der Waals surface area contributed by atoms with Crippen LogP contribution in [-0.2, 0) is 12.8 Å². The largest absolute Gasteiger partial charge is 0.370 e. The molecular formula is C17H24N4. The van der Waals surface area contributed by atoms with E-state index in [0.29, 0.717) is 0 Å². The summed E-state index contributed by atoms with van der Waals surface area (Å²) >= 11 is 0. The molecule has 2 N–H and O–H groups in total. The van der Waals surface area contributed by atoms with Crippen molar-refractivity contribution in [1.29, 1.82) is 0 Å². The number of rotatable bonds is 7. The lowest BCUT2D eigenvalue weighted by molar-refractivity contribution is 0.922. The number of benzene rings is 1. The zero-order valence-electron chi connectivity index (χ0n) is 13.1. The van der Waals surface area contributed by atoms with Gasteiger partial charge in [0, 0.05) is 24.7 Å². The van der Waals surface area contributed by atoms with E-state index < -0.39 is 0 Å². The molecule has 1 aromatic carbocycles. The van der Waals surface area contributed by atoms with E-state index in [1.165, 1.54) is 12.0 Å². The van der Waals surface area contributed by atoms with E-state index in [1.54, 1.807) is 0 Å². The van der Waals surface area contributed by atoms with E-state index in [1.807, 2.05) is 6.07 Å². The Labute approximate surface area is 127 Å². The van der Waals surface area contributed by atoms with Crippen LogP contribution in [0.3, 0.4) is 0 Å². The van der Waals surface area contributed by atoms with Crippen molar-refractivity contribution in [1.82, 2.24) is 9.97 Å². The van der Waals surface area contributed by atoms with Crippen LogP contribution in [0.5, 0.6) is 0 Å². The predicted octanol–water partition coefficient (Wildman–Crippen LogP) is 4.17. The summed E-state index contributed by atoms with van der Waals surface area (Å²) in [5, 5.41) is 6.60. The molecule has 1 heterocycles. The predicted molar refractivity (Wildman–Crippen MR) is 89.3 cm³/mol. The third-order valence-electron chi connectivity index (χ3n) is 3.21. The smallest absolute Gasteiger partial charge is 0.136 e. The lowest BCUT2D eigenvalue weighted by Crippen LogP contribution is -2.05. The molecule has 112 valence electrons. The molecule has 0 atom stereocenters. The van der Waals surface area contributed by atoms with Crippen molar-refractivity contribution in [3.63, 3.8) is 0 Å². The molecule has 0 saturated carbocycles. The fraction of sp³-hybridized carbons (Fsp3) is 0.412. The highest BCUT2D eigenvalue weighted by Crippen LogP contribution is 2.18. The summed E-state index contributed by atoms with van der Waals surface area (Å²) in [5.74, 6) is 2.55. The summed E-state index contributed by atoms with van der Waals surface area (Å²) in [7, 11) is 0. The van der Waals surface area contributed by atoms with E-state index in [-0.39, 0.29) is 0 Å². The maximum absolute atomic E-state index is 4.53. The van der Waals surface area contributed by atoms with Gasteiger partial charge in [-0.05, 0) is 31.0 Å². The van der Waals surface area contributed by atoms with E-state index in [0.717, 1.165) is 42.5 Å². The molecule has 0 radical (unpaired) electrons. The van der Waals surface area contributed by atoms with Crippen LogP contribution < -0.4 is 10.6 Å². The van der Waals surface area contributed by atoms with Gasteiger partial charge in [-0.3, -0.25) is 0 Å². The molecule has 0 aliphatic heterocycles. The molecule has 0 saturated heterocycles. The first kappa shape index (κ1) is 15.3. The van der Waals surface area contributed by atoms with E-state index in [4.69, 9.17) is 0 Å². The van der Waals surface area contributed by atoms with E-state index in [2.05, 4.69) is 65.6 Å². The summed E-state index contributed by atoms with van der Waals surface area (Å²) < 4.78 is 0. The fourth-order valence-electron chi connectivity index (χ4n) is 2.18. The lowest BCUT2D eigenvalue weighted by Gasteiger charge is -2.10. The van der Waals surface area contributed by atoms with Crippen LogP contribution in [0.4, 0.5) is 17.3 Å². The van der Waals surface area contributed by atoms with Crippen LogP contribution >= 0.6 is 0 Å².